The molecule has 0 bridgehead atoms. The van der Waals surface area contributed by atoms with E-state index in [1.54, 1.807) is 18.1 Å². The van der Waals surface area contributed by atoms with Crippen molar-refractivity contribution in [1.82, 2.24) is 19.9 Å². The number of guanidine groups is 1. The van der Waals surface area contributed by atoms with Crippen LogP contribution in [0.4, 0.5) is 5.95 Å². The topological polar surface area (TPSA) is 105 Å². The Morgan fingerprint density at radius 3 is 2.68 bits per heavy atom. The Balaban J connectivity index is 1.74. The van der Waals surface area contributed by atoms with E-state index in [4.69, 9.17) is 5.73 Å². The fourth-order valence-electron chi connectivity index (χ4n) is 1.87. The third-order valence-electron chi connectivity index (χ3n) is 2.91. The van der Waals surface area contributed by atoms with Crippen LogP contribution < -0.4 is 11.1 Å². The van der Waals surface area contributed by atoms with Gasteiger partial charge in [-0.3, -0.25) is 10.3 Å². The molecule has 8 heteroatoms. The van der Waals surface area contributed by atoms with E-state index in [0.717, 1.165) is 34.3 Å². The number of hydrogen-bond donors (Lipinski definition) is 3. The average Bonchev–Trinajstić information content (AvgIpc) is 2.82. The predicted octanol–water partition coefficient (Wildman–Crippen LogP) is 1.78. The van der Waals surface area contributed by atoms with E-state index < -0.39 is 0 Å². The summed E-state index contributed by atoms with van der Waals surface area (Å²) in [4.78, 5) is 20.1. The number of anilines is 1. The number of H-pyrrole nitrogens is 1. The van der Waals surface area contributed by atoms with Crippen LogP contribution in [0.3, 0.4) is 0 Å². The van der Waals surface area contributed by atoms with Gasteiger partial charge in [-0.2, -0.15) is 11.8 Å². The van der Waals surface area contributed by atoms with E-state index >= 15 is 0 Å². The molecule has 0 aliphatic heterocycles. The fourth-order valence-corrected chi connectivity index (χ4v) is 2.72. The van der Waals surface area contributed by atoms with Crippen molar-refractivity contribution in [3.8, 4) is 0 Å². The Hall–Kier alpha value is -2.09. The maximum atomic E-state index is 5.84. The van der Waals surface area contributed by atoms with Crippen molar-refractivity contribution in [2.24, 2.45) is 10.7 Å². The molecule has 0 fully saturated rings. The lowest BCUT2D eigenvalue weighted by Gasteiger charge is -2.05. The lowest BCUT2D eigenvalue weighted by atomic mass is 10.4. The highest BCUT2D eigenvalue weighted by Crippen LogP contribution is 2.12. The number of thioether (sulfide) groups is 1. The Morgan fingerprint density at radius 1 is 1.32 bits per heavy atom. The van der Waals surface area contributed by atoms with Crippen LogP contribution in [0.1, 0.15) is 22.8 Å². The molecule has 0 aliphatic rings. The molecule has 22 heavy (non-hydrogen) atoms. The van der Waals surface area contributed by atoms with Gasteiger partial charge in [0.25, 0.3) is 0 Å². The maximum absolute atomic E-state index is 5.84. The summed E-state index contributed by atoms with van der Waals surface area (Å²) in [5.74, 6) is 2.57. The number of rotatable bonds is 6. The minimum absolute atomic E-state index is 0.335. The van der Waals surface area contributed by atoms with Gasteiger partial charge in [0.15, 0.2) is 5.96 Å². The first-order chi connectivity index (χ1) is 10.5. The molecular weight excluding hydrogens is 298 g/mol. The molecule has 0 spiro atoms. The number of hydrogen-bond acceptors (Lipinski definition) is 5. The second kappa shape index (κ2) is 7.79. The molecule has 2 aromatic heterocycles. The highest BCUT2D eigenvalue weighted by molar-refractivity contribution is 7.98. The van der Waals surface area contributed by atoms with E-state index in [1.807, 2.05) is 26.8 Å². The van der Waals surface area contributed by atoms with Crippen LogP contribution in [0.25, 0.3) is 0 Å². The molecule has 2 heterocycles. The number of aliphatic imine (C=N–C) groups is 1. The van der Waals surface area contributed by atoms with Gasteiger partial charge in [0, 0.05) is 28.6 Å². The monoisotopic (exact) mass is 319 g/mol. The van der Waals surface area contributed by atoms with E-state index in [9.17, 15) is 0 Å². The van der Waals surface area contributed by atoms with Crippen LogP contribution in [-0.2, 0) is 5.75 Å². The van der Waals surface area contributed by atoms with Crippen LogP contribution in [-0.4, -0.2) is 38.2 Å². The summed E-state index contributed by atoms with van der Waals surface area (Å²) in [5, 5.41) is 2.92. The number of nitrogens with zero attached hydrogens (tertiary/aromatic N) is 4. The van der Waals surface area contributed by atoms with Crippen molar-refractivity contribution in [2.45, 2.75) is 26.5 Å². The van der Waals surface area contributed by atoms with Gasteiger partial charge in [0.05, 0.1) is 18.6 Å². The molecule has 4 N–H and O–H groups in total. The van der Waals surface area contributed by atoms with Gasteiger partial charge in [0.1, 0.15) is 0 Å². The average molecular weight is 319 g/mol. The van der Waals surface area contributed by atoms with Crippen molar-refractivity contribution in [1.29, 1.82) is 0 Å². The van der Waals surface area contributed by atoms with Gasteiger partial charge < -0.3 is 10.7 Å². The molecule has 0 saturated carbocycles. The van der Waals surface area contributed by atoms with E-state index in [0.29, 0.717) is 18.5 Å². The highest BCUT2D eigenvalue weighted by atomic mass is 32.2. The number of imidazole rings is 1. The summed E-state index contributed by atoms with van der Waals surface area (Å²) in [5.41, 5.74) is 9.83. The molecule has 2 rings (SSSR count). The van der Waals surface area contributed by atoms with Crippen LogP contribution in [0, 0.1) is 20.8 Å². The summed E-state index contributed by atoms with van der Waals surface area (Å²) in [6.45, 7) is 6.49. The molecule has 0 aliphatic carbocycles. The minimum Gasteiger partial charge on any atom is -0.370 e. The van der Waals surface area contributed by atoms with Crippen LogP contribution in [0.2, 0.25) is 0 Å². The molecular formula is C14H21N7S. The normalized spacial score (nSPS) is 11.7. The standard InChI is InChI=1S/C14H21N7S/c1-9-6-10(2)20-14(19-9)21-13(15)16-4-5-22-7-12-11(3)17-8-18-12/h6,8H,4-5,7H2,1-3H3,(H,17,18)(H3,15,16,19,20,21). The Labute approximate surface area is 134 Å². The number of aromatic amines is 1. The minimum atomic E-state index is 0.335. The zero-order valence-electron chi connectivity index (χ0n) is 13.1. The smallest absolute Gasteiger partial charge is 0.229 e. The van der Waals surface area contributed by atoms with E-state index in [1.165, 1.54) is 0 Å². The molecule has 2 aromatic rings. The zero-order chi connectivity index (χ0) is 15.9. The van der Waals surface area contributed by atoms with Crippen molar-refractivity contribution >= 4 is 23.7 Å². The van der Waals surface area contributed by atoms with Gasteiger partial charge in [-0.1, -0.05) is 0 Å². The van der Waals surface area contributed by atoms with Gasteiger partial charge in [-0.05, 0) is 26.8 Å². The Bertz CT molecular complexity index is 630. The molecule has 0 atom stereocenters. The molecule has 0 amide bonds. The third kappa shape index (κ3) is 5.03. The molecule has 118 valence electrons. The van der Waals surface area contributed by atoms with Crippen molar-refractivity contribution < 1.29 is 0 Å². The Morgan fingerprint density at radius 2 is 2.05 bits per heavy atom. The SMILES string of the molecule is Cc1cc(C)nc(NC(N)=NCCSCc2nc[nH]c2C)n1. The number of nitrogens with one attached hydrogen (secondary N) is 2. The Kier molecular flexibility index (Phi) is 5.76. The summed E-state index contributed by atoms with van der Waals surface area (Å²) in [7, 11) is 0. The number of aromatic nitrogens is 4. The number of nitrogens with two attached hydrogens (primary N) is 1. The van der Waals surface area contributed by atoms with Crippen LogP contribution >= 0.6 is 11.8 Å². The zero-order valence-corrected chi connectivity index (χ0v) is 13.9. The van der Waals surface area contributed by atoms with Gasteiger partial charge in [-0.25, -0.2) is 15.0 Å². The van der Waals surface area contributed by atoms with Crippen LogP contribution in [0.5, 0.6) is 0 Å². The second-order valence-electron chi connectivity index (χ2n) is 4.89. The van der Waals surface area contributed by atoms with Gasteiger partial charge in [0.2, 0.25) is 5.95 Å². The molecule has 0 radical (unpaired) electrons. The lowest BCUT2D eigenvalue weighted by Crippen LogP contribution is -2.24. The maximum Gasteiger partial charge on any atom is 0.229 e. The molecule has 0 saturated heterocycles. The van der Waals surface area contributed by atoms with E-state index in [2.05, 4.69) is 30.2 Å². The third-order valence-corrected chi connectivity index (χ3v) is 3.86. The fraction of sp³-hybridized carbons (Fsp3) is 0.429. The van der Waals surface area contributed by atoms with Gasteiger partial charge in [-0.15, -0.1) is 0 Å². The summed E-state index contributed by atoms with van der Waals surface area (Å²) in [6.07, 6.45) is 1.72. The summed E-state index contributed by atoms with van der Waals surface area (Å²) < 4.78 is 0. The van der Waals surface area contributed by atoms with Crippen LogP contribution in [0.15, 0.2) is 17.4 Å². The summed E-state index contributed by atoms with van der Waals surface area (Å²) >= 11 is 1.77. The van der Waals surface area contributed by atoms with Crippen molar-refractivity contribution in [2.75, 3.05) is 17.6 Å². The second-order valence-corrected chi connectivity index (χ2v) is 6.00. The highest BCUT2D eigenvalue weighted by Gasteiger charge is 2.02. The first-order valence-corrected chi connectivity index (χ1v) is 8.16. The summed E-state index contributed by atoms with van der Waals surface area (Å²) in [6, 6.07) is 1.91. The first-order valence-electron chi connectivity index (χ1n) is 7.00. The predicted molar refractivity (Wildman–Crippen MR) is 91.1 cm³/mol. The molecule has 0 unspecified atom stereocenters. The van der Waals surface area contributed by atoms with Gasteiger partial charge >= 0.3 is 0 Å². The largest absolute Gasteiger partial charge is 0.370 e. The number of aryl methyl sites for hydroxylation is 3. The molecule has 7 nitrogen and oxygen atoms in total. The quantitative estimate of drug-likeness (QED) is 0.426. The van der Waals surface area contributed by atoms with E-state index in [-0.39, 0.29) is 0 Å². The lowest BCUT2D eigenvalue weighted by molar-refractivity contribution is 1.06. The first kappa shape index (κ1) is 16.3. The molecule has 0 aromatic carbocycles. The van der Waals surface area contributed by atoms with Crippen molar-refractivity contribution in [3.05, 3.63) is 35.2 Å². The van der Waals surface area contributed by atoms with Crippen molar-refractivity contribution in [3.63, 3.8) is 0 Å².